The molecule has 3 rings (SSSR count). The lowest BCUT2D eigenvalue weighted by molar-refractivity contribution is -0.384. The van der Waals surface area contributed by atoms with Gasteiger partial charge in [-0.15, -0.1) is 0 Å². The first-order valence-electron chi connectivity index (χ1n) is 8.82. The molecule has 0 radical (unpaired) electrons. The van der Waals surface area contributed by atoms with E-state index in [0.29, 0.717) is 22.4 Å². The second-order valence-electron chi connectivity index (χ2n) is 6.31. The van der Waals surface area contributed by atoms with E-state index < -0.39 is 22.5 Å². The average Bonchev–Trinajstić information content (AvgIpc) is 2.75. The number of Topliss-reactive ketones (excluding diaryl/α,β-unsaturated/α-hetero) is 2. The molecule has 29 heavy (non-hydrogen) atoms. The molecule has 0 fully saturated rings. The molecule has 0 aromatic heterocycles. The van der Waals surface area contributed by atoms with Gasteiger partial charge in [-0.1, -0.05) is 60.7 Å². The van der Waals surface area contributed by atoms with E-state index in [1.54, 1.807) is 67.6 Å². The largest absolute Gasteiger partial charge is 0.291 e. The van der Waals surface area contributed by atoms with Crippen LogP contribution in [-0.2, 0) is 0 Å². The molecule has 0 aliphatic rings. The average molecular weight is 387 g/mol. The maximum Gasteiger partial charge on any atom is 0.269 e. The number of benzene rings is 3. The number of hydrogen-bond acceptors (Lipinski definition) is 6. The second kappa shape index (κ2) is 8.79. The van der Waals surface area contributed by atoms with E-state index in [9.17, 15) is 19.7 Å². The van der Waals surface area contributed by atoms with Crippen LogP contribution >= 0.6 is 0 Å². The van der Waals surface area contributed by atoms with Crippen LogP contribution in [0.15, 0.2) is 89.1 Å². The van der Waals surface area contributed by atoms with Gasteiger partial charge >= 0.3 is 0 Å². The molecule has 0 N–H and O–H groups in total. The van der Waals surface area contributed by atoms with Crippen LogP contribution in [0.25, 0.3) is 0 Å². The minimum Gasteiger partial charge on any atom is -0.291 e. The number of nitrogens with zero attached hydrogens (tertiary/aromatic N) is 3. The van der Waals surface area contributed by atoms with Crippen LogP contribution in [-0.4, -0.2) is 22.5 Å². The number of carbonyl (C=O) groups is 2. The molecule has 0 aliphatic heterocycles. The highest BCUT2D eigenvalue weighted by Crippen LogP contribution is 2.25. The van der Waals surface area contributed by atoms with Crippen LogP contribution in [0, 0.1) is 17.0 Å². The van der Waals surface area contributed by atoms with Crippen LogP contribution in [0.1, 0.15) is 26.3 Å². The number of nitro benzene ring substituents is 1. The number of rotatable bonds is 7. The zero-order valence-corrected chi connectivity index (χ0v) is 15.6. The van der Waals surface area contributed by atoms with E-state index in [-0.39, 0.29) is 5.69 Å². The van der Waals surface area contributed by atoms with Crippen molar-refractivity contribution in [3.63, 3.8) is 0 Å². The van der Waals surface area contributed by atoms with Crippen molar-refractivity contribution in [2.75, 3.05) is 0 Å². The number of carbonyl (C=O) groups excluding carboxylic acids is 2. The van der Waals surface area contributed by atoms with Crippen molar-refractivity contribution in [2.45, 2.75) is 13.0 Å². The summed E-state index contributed by atoms with van der Waals surface area (Å²) in [5.74, 6) is -0.939. The Kier molecular flexibility index (Phi) is 5.99. The zero-order valence-electron chi connectivity index (χ0n) is 15.6. The quantitative estimate of drug-likeness (QED) is 0.184. The van der Waals surface area contributed by atoms with Gasteiger partial charge < -0.3 is 0 Å². The second-order valence-corrected chi connectivity index (χ2v) is 6.31. The van der Waals surface area contributed by atoms with Crippen molar-refractivity contribution in [1.29, 1.82) is 0 Å². The first kappa shape index (κ1) is 19.8. The summed E-state index contributed by atoms with van der Waals surface area (Å²) in [4.78, 5) is 36.3. The van der Waals surface area contributed by atoms with E-state index in [1.807, 2.05) is 0 Å². The fraction of sp³-hybridized carbons (Fsp3) is 0.0909. The number of nitro groups is 1. The summed E-state index contributed by atoms with van der Waals surface area (Å²) >= 11 is 0. The molecule has 0 heterocycles. The molecule has 0 amide bonds. The molecule has 0 bridgehead atoms. The molecule has 3 aromatic rings. The minimum atomic E-state index is -1.35. The molecule has 7 heteroatoms. The Bertz CT molecular complexity index is 1030. The van der Waals surface area contributed by atoms with Crippen molar-refractivity contribution in [3.8, 4) is 0 Å². The molecule has 0 aliphatic carbocycles. The third-order valence-corrected chi connectivity index (χ3v) is 4.29. The summed E-state index contributed by atoms with van der Waals surface area (Å²) in [6, 6.07) is 19.5. The van der Waals surface area contributed by atoms with E-state index in [2.05, 4.69) is 10.2 Å². The van der Waals surface area contributed by atoms with Crippen LogP contribution in [0.2, 0.25) is 0 Å². The van der Waals surface area contributed by atoms with Crippen molar-refractivity contribution >= 4 is 22.9 Å². The lowest BCUT2D eigenvalue weighted by atomic mass is 9.97. The molecule has 0 spiro atoms. The Morgan fingerprint density at radius 1 is 0.862 bits per heavy atom. The summed E-state index contributed by atoms with van der Waals surface area (Å²) in [5, 5.41) is 19.0. The summed E-state index contributed by atoms with van der Waals surface area (Å²) < 4.78 is 0. The summed E-state index contributed by atoms with van der Waals surface area (Å²) in [6.07, 6.45) is 0. The third kappa shape index (κ3) is 4.65. The predicted octanol–water partition coefficient (Wildman–Crippen LogP) is 5.12. The fourth-order valence-electron chi connectivity index (χ4n) is 2.73. The van der Waals surface area contributed by atoms with Gasteiger partial charge in [-0.3, -0.25) is 19.7 Å². The van der Waals surface area contributed by atoms with Gasteiger partial charge in [0, 0.05) is 23.3 Å². The molecule has 144 valence electrons. The Morgan fingerprint density at radius 2 is 1.38 bits per heavy atom. The highest BCUT2D eigenvalue weighted by molar-refractivity contribution is 6.19. The summed E-state index contributed by atoms with van der Waals surface area (Å²) in [5.41, 5.74) is 1.49. The van der Waals surface area contributed by atoms with Gasteiger partial charge in [0.05, 0.1) is 10.6 Å². The Balaban J connectivity index is 1.97. The van der Waals surface area contributed by atoms with Gasteiger partial charge in [-0.25, -0.2) is 0 Å². The van der Waals surface area contributed by atoms with E-state index in [0.717, 1.165) is 0 Å². The fourth-order valence-corrected chi connectivity index (χ4v) is 2.73. The smallest absolute Gasteiger partial charge is 0.269 e. The highest BCUT2D eigenvalue weighted by atomic mass is 16.6. The normalized spacial score (nSPS) is 11.0. The van der Waals surface area contributed by atoms with E-state index in [1.165, 1.54) is 18.2 Å². The van der Waals surface area contributed by atoms with Crippen LogP contribution in [0.3, 0.4) is 0 Å². The van der Waals surface area contributed by atoms with Crippen molar-refractivity contribution in [1.82, 2.24) is 0 Å². The van der Waals surface area contributed by atoms with Gasteiger partial charge in [-0.2, -0.15) is 10.2 Å². The molecule has 0 unspecified atom stereocenters. The van der Waals surface area contributed by atoms with Crippen LogP contribution in [0.4, 0.5) is 11.4 Å². The third-order valence-electron chi connectivity index (χ3n) is 4.29. The lowest BCUT2D eigenvalue weighted by Crippen LogP contribution is -2.28. The first-order chi connectivity index (χ1) is 14.0. The maximum absolute atomic E-state index is 12.9. The lowest BCUT2D eigenvalue weighted by Gasteiger charge is -2.10. The Labute approximate surface area is 166 Å². The Morgan fingerprint density at radius 3 is 1.83 bits per heavy atom. The van der Waals surface area contributed by atoms with Gasteiger partial charge in [0.15, 0.2) is 17.6 Å². The molecule has 0 saturated carbocycles. The zero-order chi connectivity index (χ0) is 20.8. The van der Waals surface area contributed by atoms with Crippen molar-refractivity contribution in [3.05, 3.63) is 106 Å². The summed E-state index contributed by atoms with van der Waals surface area (Å²) in [7, 11) is 0. The molecular formula is C22H17N3O4. The topological polar surface area (TPSA) is 102 Å². The first-order valence-corrected chi connectivity index (χ1v) is 8.82. The number of ketones is 2. The van der Waals surface area contributed by atoms with Gasteiger partial charge in [0.1, 0.15) is 0 Å². The molecule has 7 nitrogen and oxygen atoms in total. The van der Waals surface area contributed by atoms with E-state index in [4.69, 9.17) is 0 Å². The van der Waals surface area contributed by atoms with Crippen molar-refractivity contribution in [2.24, 2.45) is 10.2 Å². The van der Waals surface area contributed by atoms with Crippen LogP contribution < -0.4 is 0 Å². The van der Waals surface area contributed by atoms with E-state index >= 15 is 0 Å². The number of non-ortho nitro benzene ring substituents is 1. The SMILES string of the molecule is Cc1cc([N+](=O)[O-])ccc1N=NC(C(=O)c1ccccc1)C(=O)c1ccccc1. The Hall–Kier alpha value is -4.00. The number of azo groups is 1. The monoisotopic (exact) mass is 387 g/mol. The molecule has 3 aromatic carbocycles. The number of hydrogen-bond donors (Lipinski definition) is 0. The molecule has 0 atom stereocenters. The van der Waals surface area contributed by atoms with Gasteiger partial charge in [0.25, 0.3) is 5.69 Å². The maximum atomic E-state index is 12.9. The highest BCUT2D eigenvalue weighted by Gasteiger charge is 2.28. The van der Waals surface area contributed by atoms with Crippen LogP contribution in [0.5, 0.6) is 0 Å². The van der Waals surface area contributed by atoms with Gasteiger partial charge in [-0.05, 0) is 18.6 Å². The minimum absolute atomic E-state index is 0.0706. The predicted molar refractivity (Wildman–Crippen MR) is 108 cm³/mol. The van der Waals surface area contributed by atoms with Crippen molar-refractivity contribution < 1.29 is 14.5 Å². The molecular weight excluding hydrogens is 370 g/mol. The van der Waals surface area contributed by atoms with Gasteiger partial charge in [0.2, 0.25) is 0 Å². The summed E-state index contributed by atoms with van der Waals surface area (Å²) in [6.45, 7) is 1.65. The number of aryl methyl sites for hydroxylation is 1. The standard InChI is InChI=1S/C22H17N3O4/c1-15-14-18(25(28)29)12-13-19(15)23-24-20(21(26)16-8-4-2-5-9-16)22(27)17-10-6-3-7-11-17/h2-14,20H,1H3. The molecule has 0 saturated heterocycles.